The molecular weight excluding hydrogens is 291 g/mol. The predicted molar refractivity (Wildman–Crippen MR) is 81.6 cm³/mol. The molecule has 0 saturated heterocycles. The SMILES string of the molecule is COc1cccc(OC)c1C(O)CSc1cccc(F)c1. The van der Waals surface area contributed by atoms with Crippen molar-refractivity contribution < 1.29 is 19.0 Å². The van der Waals surface area contributed by atoms with Crippen LogP contribution in [0.4, 0.5) is 4.39 Å². The molecule has 1 N–H and O–H groups in total. The largest absolute Gasteiger partial charge is 0.496 e. The van der Waals surface area contributed by atoms with Crippen LogP contribution < -0.4 is 9.47 Å². The monoisotopic (exact) mass is 308 g/mol. The van der Waals surface area contributed by atoms with Gasteiger partial charge in [-0.25, -0.2) is 4.39 Å². The lowest BCUT2D eigenvalue weighted by atomic mass is 10.1. The van der Waals surface area contributed by atoms with Crippen molar-refractivity contribution in [2.75, 3.05) is 20.0 Å². The summed E-state index contributed by atoms with van der Waals surface area (Å²) >= 11 is 1.37. The molecule has 0 bridgehead atoms. The lowest BCUT2D eigenvalue weighted by Crippen LogP contribution is -2.05. The first-order valence-electron chi connectivity index (χ1n) is 6.43. The molecule has 1 unspecified atom stereocenters. The van der Waals surface area contributed by atoms with Gasteiger partial charge < -0.3 is 14.6 Å². The first-order chi connectivity index (χ1) is 10.2. The standard InChI is InChI=1S/C16H17FO3S/c1-19-14-7-4-8-15(20-2)16(14)13(18)10-21-12-6-3-5-11(17)9-12/h3-9,13,18H,10H2,1-2H3. The second-order valence-corrected chi connectivity index (χ2v) is 5.45. The molecule has 2 aromatic rings. The molecule has 0 aliphatic heterocycles. The van der Waals surface area contributed by atoms with Gasteiger partial charge in [0.25, 0.3) is 0 Å². The highest BCUT2D eigenvalue weighted by Gasteiger charge is 2.19. The molecule has 1 atom stereocenters. The summed E-state index contributed by atoms with van der Waals surface area (Å²) in [5, 5.41) is 10.4. The highest BCUT2D eigenvalue weighted by atomic mass is 32.2. The van der Waals surface area contributed by atoms with Crippen molar-refractivity contribution in [1.82, 2.24) is 0 Å². The van der Waals surface area contributed by atoms with Crippen molar-refractivity contribution in [3.8, 4) is 11.5 Å². The Morgan fingerprint density at radius 2 is 1.71 bits per heavy atom. The Kier molecular flexibility index (Phi) is 5.47. The fourth-order valence-electron chi connectivity index (χ4n) is 2.02. The number of hydrogen-bond donors (Lipinski definition) is 1. The molecule has 0 aromatic heterocycles. The summed E-state index contributed by atoms with van der Waals surface area (Å²) < 4.78 is 23.7. The second-order valence-electron chi connectivity index (χ2n) is 4.36. The van der Waals surface area contributed by atoms with Crippen LogP contribution in [-0.2, 0) is 0 Å². The van der Waals surface area contributed by atoms with Gasteiger partial charge in [-0.2, -0.15) is 0 Å². The summed E-state index contributed by atoms with van der Waals surface area (Å²) in [6.45, 7) is 0. The summed E-state index contributed by atoms with van der Waals surface area (Å²) in [5.41, 5.74) is 0.603. The van der Waals surface area contributed by atoms with Crippen LogP contribution in [0.25, 0.3) is 0 Å². The maximum absolute atomic E-state index is 13.1. The molecule has 0 aliphatic rings. The van der Waals surface area contributed by atoms with E-state index in [1.807, 2.05) is 0 Å². The van der Waals surface area contributed by atoms with E-state index < -0.39 is 6.10 Å². The molecule has 5 heteroatoms. The van der Waals surface area contributed by atoms with Crippen LogP contribution in [0.3, 0.4) is 0 Å². The Hall–Kier alpha value is -1.72. The number of ether oxygens (including phenoxy) is 2. The van der Waals surface area contributed by atoms with Crippen LogP contribution in [0.15, 0.2) is 47.4 Å². The van der Waals surface area contributed by atoms with E-state index in [-0.39, 0.29) is 5.82 Å². The number of methoxy groups -OCH3 is 2. The Balaban J connectivity index is 2.15. The summed E-state index contributed by atoms with van der Waals surface area (Å²) in [6.07, 6.45) is -0.774. The van der Waals surface area contributed by atoms with Gasteiger partial charge in [0.05, 0.1) is 25.9 Å². The van der Waals surface area contributed by atoms with Crippen LogP contribution in [-0.4, -0.2) is 25.1 Å². The van der Waals surface area contributed by atoms with Crippen LogP contribution in [0.1, 0.15) is 11.7 Å². The minimum atomic E-state index is -0.774. The van der Waals surface area contributed by atoms with Gasteiger partial charge in [0, 0.05) is 10.6 Å². The molecule has 0 radical (unpaired) electrons. The van der Waals surface area contributed by atoms with E-state index in [1.165, 1.54) is 23.9 Å². The summed E-state index contributed by atoms with van der Waals surface area (Å²) in [7, 11) is 3.09. The van der Waals surface area contributed by atoms with Crippen molar-refractivity contribution in [3.63, 3.8) is 0 Å². The molecule has 0 saturated carbocycles. The molecular formula is C16H17FO3S. The highest BCUT2D eigenvalue weighted by Crippen LogP contribution is 2.36. The maximum atomic E-state index is 13.1. The van der Waals surface area contributed by atoms with Crippen molar-refractivity contribution in [2.45, 2.75) is 11.0 Å². The van der Waals surface area contributed by atoms with E-state index in [1.54, 1.807) is 44.6 Å². The van der Waals surface area contributed by atoms with Crippen LogP contribution in [0.5, 0.6) is 11.5 Å². The minimum absolute atomic E-state index is 0.288. The maximum Gasteiger partial charge on any atom is 0.128 e. The molecule has 3 nitrogen and oxygen atoms in total. The second kappa shape index (κ2) is 7.33. The fourth-order valence-corrected chi connectivity index (χ4v) is 2.91. The van der Waals surface area contributed by atoms with Crippen LogP contribution >= 0.6 is 11.8 Å². The molecule has 2 rings (SSSR count). The molecule has 112 valence electrons. The average Bonchev–Trinajstić information content (AvgIpc) is 2.51. The molecule has 0 spiro atoms. The number of halogens is 1. The van der Waals surface area contributed by atoms with Crippen LogP contribution in [0.2, 0.25) is 0 Å². The quantitative estimate of drug-likeness (QED) is 0.827. The molecule has 0 fully saturated rings. The zero-order valence-electron chi connectivity index (χ0n) is 11.9. The summed E-state index contributed by atoms with van der Waals surface area (Å²) in [4.78, 5) is 0.767. The molecule has 21 heavy (non-hydrogen) atoms. The Labute approximate surface area is 127 Å². The Morgan fingerprint density at radius 3 is 2.29 bits per heavy atom. The Morgan fingerprint density at radius 1 is 1.10 bits per heavy atom. The first kappa shape index (κ1) is 15.7. The lowest BCUT2D eigenvalue weighted by Gasteiger charge is -2.17. The van der Waals surface area contributed by atoms with Gasteiger partial charge in [-0.15, -0.1) is 11.8 Å². The van der Waals surface area contributed by atoms with E-state index >= 15 is 0 Å². The normalized spacial score (nSPS) is 12.0. The molecule has 2 aromatic carbocycles. The molecule has 0 aliphatic carbocycles. The van der Waals surface area contributed by atoms with Gasteiger partial charge in [-0.3, -0.25) is 0 Å². The summed E-state index contributed by atoms with van der Waals surface area (Å²) in [5.74, 6) is 1.23. The lowest BCUT2D eigenvalue weighted by molar-refractivity contribution is 0.193. The molecule has 0 amide bonds. The van der Waals surface area contributed by atoms with Gasteiger partial charge in [0.1, 0.15) is 17.3 Å². The smallest absolute Gasteiger partial charge is 0.128 e. The van der Waals surface area contributed by atoms with Crippen molar-refractivity contribution in [2.24, 2.45) is 0 Å². The van der Waals surface area contributed by atoms with E-state index in [9.17, 15) is 9.50 Å². The highest BCUT2D eigenvalue weighted by molar-refractivity contribution is 7.99. The predicted octanol–water partition coefficient (Wildman–Crippen LogP) is 3.67. The minimum Gasteiger partial charge on any atom is -0.496 e. The zero-order chi connectivity index (χ0) is 15.2. The van der Waals surface area contributed by atoms with E-state index in [0.717, 1.165) is 4.90 Å². The van der Waals surface area contributed by atoms with Gasteiger partial charge in [-0.1, -0.05) is 12.1 Å². The van der Waals surface area contributed by atoms with E-state index in [4.69, 9.17) is 9.47 Å². The third-order valence-electron chi connectivity index (χ3n) is 3.00. The van der Waals surface area contributed by atoms with E-state index in [0.29, 0.717) is 22.8 Å². The Bertz CT molecular complexity index is 582. The first-order valence-corrected chi connectivity index (χ1v) is 7.41. The van der Waals surface area contributed by atoms with Crippen molar-refractivity contribution in [1.29, 1.82) is 0 Å². The van der Waals surface area contributed by atoms with Gasteiger partial charge >= 0.3 is 0 Å². The van der Waals surface area contributed by atoms with Gasteiger partial charge in [0.2, 0.25) is 0 Å². The average molecular weight is 308 g/mol. The van der Waals surface area contributed by atoms with E-state index in [2.05, 4.69) is 0 Å². The zero-order valence-corrected chi connectivity index (χ0v) is 12.7. The molecule has 0 heterocycles. The van der Waals surface area contributed by atoms with Gasteiger partial charge in [0.15, 0.2) is 0 Å². The number of rotatable bonds is 6. The van der Waals surface area contributed by atoms with Crippen molar-refractivity contribution >= 4 is 11.8 Å². The number of aliphatic hydroxyl groups is 1. The number of benzene rings is 2. The third kappa shape index (κ3) is 3.89. The number of aliphatic hydroxyl groups excluding tert-OH is 1. The van der Waals surface area contributed by atoms with Crippen LogP contribution in [0, 0.1) is 5.82 Å². The topological polar surface area (TPSA) is 38.7 Å². The number of hydrogen-bond acceptors (Lipinski definition) is 4. The van der Waals surface area contributed by atoms with Crippen molar-refractivity contribution in [3.05, 3.63) is 53.8 Å². The summed E-state index contributed by atoms with van der Waals surface area (Å²) in [6, 6.07) is 11.6. The number of thioether (sulfide) groups is 1. The third-order valence-corrected chi connectivity index (χ3v) is 4.07. The fraction of sp³-hybridized carbons (Fsp3) is 0.250. The van der Waals surface area contributed by atoms with Gasteiger partial charge in [-0.05, 0) is 30.3 Å².